The lowest BCUT2D eigenvalue weighted by atomic mass is 10.1. The molecule has 0 radical (unpaired) electrons. The second-order valence-corrected chi connectivity index (χ2v) is 8.88. The number of nitrogens with zero attached hydrogens (tertiary/aromatic N) is 4. The average Bonchev–Trinajstić information content (AvgIpc) is 3.26. The van der Waals surface area contributed by atoms with Gasteiger partial charge in [-0.05, 0) is 74.5 Å². The zero-order valence-corrected chi connectivity index (χ0v) is 19.7. The van der Waals surface area contributed by atoms with Crippen LogP contribution in [0.25, 0.3) is 5.69 Å². The van der Waals surface area contributed by atoms with E-state index in [1.54, 1.807) is 43.5 Å². The number of thioether (sulfide) groups is 1. The maximum absolute atomic E-state index is 13.5. The van der Waals surface area contributed by atoms with Gasteiger partial charge in [-0.25, -0.2) is 4.39 Å². The van der Waals surface area contributed by atoms with Crippen LogP contribution >= 0.6 is 11.8 Å². The number of hydrogen-bond donors (Lipinski definition) is 1. The van der Waals surface area contributed by atoms with E-state index in [4.69, 9.17) is 4.74 Å². The molecule has 0 aliphatic carbocycles. The third-order valence-electron chi connectivity index (χ3n) is 5.54. The highest BCUT2D eigenvalue weighted by Crippen LogP contribution is 2.24. The molecular weight excluding hydrogens is 457 g/mol. The molecule has 8 nitrogen and oxygen atoms in total. The second kappa shape index (κ2) is 11.3. The summed E-state index contributed by atoms with van der Waals surface area (Å²) in [4.78, 5) is 27.1. The van der Waals surface area contributed by atoms with Gasteiger partial charge in [0.05, 0.1) is 19.4 Å². The molecule has 2 heterocycles. The molecule has 2 aromatic carbocycles. The number of nitrogens with one attached hydrogen (secondary N) is 1. The van der Waals surface area contributed by atoms with Crippen molar-refractivity contribution in [3.05, 3.63) is 65.7 Å². The molecule has 178 valence electrons. The fourth-order valence-electron chi connectivity index (χ4n) is 3.77. The van der Waals surface area contributed by atoms with Gasteiger partial charge in [-0.3, -0.25) is 24.4 Å². The van der Waals surface area contributed by atoms with Crippen LogP contribution in [0.5, 0.6) is 5.75 Å². The standard InChI is InChI=1S/C24H26FN5O3S/c1-33-20-11-5-17(6-12-20)23(32)26-22(31)16-34-24-28-27-21(15-29-13-3-2-4-14-29)30(24)19-9-7-18(25)8-10-19/h5-12H,2-4,13-16H2,1H3,(H,26,31,32). The third-order valence-corrected chi connectivity index (χ3v) is 6.47. The molecule has 10 heteroatoms. The van der Waals surface area contributed by atoms with Gasteiger partial charge in [-0.2, -0.15) is 0 Å². The predicted molar refractivity (Wildman–Crippen MR) is 127 cm³/mol. The summed E-state index contributed by atoms with van der Waals surface area (Å²) in [5.74, 6) is 0.0612. The van der Waals surface area contributed by atoms with Gasteiger partial charge in [0, 0.05) is 11.3 Å². The zero-order valence-electron chi connectivity index (χ0n) is 18.9. The Morgan fingerprint density at radius 2 is 1.74 bits per heavy atom. The Morgan fingerprint density at radius 1 is 1.03 bits per heavy atom. The number of piperidine rings is 1. The fourth-order valence-corrected chi connectivity index (χ4v) is 4.54. The summed E-state index contributed by atoms with van der Waals surface area (Å²) < 4.78 is 20.4. The monoisotopic (exact) mass is 483 g/mol. The van der Waals surface area contributed by atoms with Crippen LogP contribution in [0.3, 0.4) is 0 Å². The Balaban J connectivity index is 1.45. The van der Waals surface area contributed by atoms with Crippen LogP contribution in [-0.2, 0) is 11.3 Å². The van der Waals surface area contributed by atoms with Gasteiger partial charge in [0.1, 0.15) is 11.6 Å². The second-order valence-electron chi connectivity index (χ2n) is 7.94. The number of halogens is 1. The summed E-state index contributed by atoms with van der Waals surface area (Å²) in [5, 5.41) is 11.5. The first-order valence-electron chi connectivity index (χ1n) is 11.1. The molecule has 0 saturated carbocycles. The van der Waals surface area contributed by atoms with Gasteiger partial charge >= 0.3 is 0 Å². The Hall–Kier alpha value is -3.24. The molecule has 34 heavy (non-hydrogen) atoms. The average molecular weight is 484 g/mol. The number of methoxy groups -OCH3 is 1. The molecule has 0 bridgehead atoms. The minimum atomic E-state index is -0.487. The van der Waals surface area contributed by atoms with E-state index in [9.17, 15) is 14.0 Å². The summed E-state index contributed by atoms with van der Waals surface area (Å²) in [5.41, 5.74) is 1.08. The maximum Gasteiger partial charge on any atom is 0.257 e. The van der Waals surface area contributed by atoms with E-state index in [1.165, 1.54) is 30.3 Å². The van der Waals surface area contributed by atoms with Gasteiger partial charge in [-0.15, -0.1) is 10.2 Å². The number of carbonyl (C=O) groups is 2. The smallest absolute Gasteiger partial charge is 0.257 e. The molecule has 1 fully saturated rings. The Bertz CT molecular complexity index is 1130. The van der Waals surface area contributed by atoms with Crippen LogP contribution in [0.2, 0.25) is 0 Å². The number of aromatic nitrogens is 3. The minimum Gasteiger partial charge on any atom is -0.497 e. The number of amides is 2. The summed E-state index contributed by atoms with van der Waals surface area (Å²) in [6, 6.07) is 12.6. The number of imide groups is 1. The van der Waals surface area contributed by atoms with Crippen LogP contribution in [0.15, 0.2) is 53.7 Å². The van der Waals surface area contributed by atoms with Crippen molar-refractivity contribution in [1.29, 1.82) is 0 Å². The highest BCUT2D eigenvalue weighted by molar-refractivity contribution is 7.99. The van der Waals surface area contributed by atoms with Crippen LogP contribution in [-0.4, -0.2) is 57.4 Å². The summed E-state index contributed by atoms with van der Waals surface area (Å²) in [6.45, 7) is 2.61. The van der Waals surface area contributed by atoms with Crippen LogP contribution in [0.4, 0.5) is 4.39 Å². The van der Waals surface area contributed by atoms with Gasteiger partial charge < -0.3 is 4.74 Å². The molecule has 3 aromatic rings. The van der Waals surface area contributed by atoms with Crippen molar-refractivity contribution in [2.24, 2.45) is 0 Å². The summed E-state index contributed by atoms with van der Waals surface area (Å²) in [7, 11) is 1.54. The molecule has 0 spiro atoms. The normalized spacial score (nSPS) is 14.1. The molecule has 4 rings (SSSR count). The lowest BCUT2D eigenvalue weighted by molar-refractivity contribution is -0.117. The third kappa shape index (κ3) is 6.00. The predicted octanol–water partition coefficient (Wildman–Crippen LogP) is 3.45. The van der Waals surface area contributed by atoms with Crippen molar-refractivity contribution < 1.29 is 18.7 Å². The highest BCUT2D eigenvalue weighted by Gasteiger charge is 2.20. The van der Waals surface area contributed by atoms with E-state index in [-0.39, 0.29) is 11.6 Å². The first kappa shape index (κ1) is 23.9. The van der Waals surface area contributed by atoms with E-state index >= 15 is 0 Å². The van der Waals surface area contributed by atoms with Gasteiger partial charge in [-0.1, -0.05) is 18.2 Å². The molecule has 1 N–H and O–H groups in total. The number of rotatable bonds is 8. The molecule has 1 aliphatic heterocycles. The van der Waals surface area contributed by atoms with Crippen LogP contribution < -0.4 is 10.1 Å². The quantitative estimate of drug-likeness (QED) is 0.491. The number of likely N-dealkylation sites (tertiary alicyclic amines) is 1. The Labute approximate surface area is 201 Å². The largest absolute Gasteiger partial charge is 0.497 e. The molecule has 0 atom stereocenters. The minimum absolute atomic E-state index is 0.0229. The van der Waals surface area contributed by atoms with E-state index in [1.807, 2.05) is 4.57 Å². The van der Waals surface area contributed by atoms with E-state index < -0.39 is 11.8 Å². The van der Waals surface area contributed by atoms with Gasteiger partial charge in [0.2, 0.25) is 5.91 Å². The van der Waals surface area contributed by atoms with Crippen LogP contribution in [0, 0.1) is 5.82 Å². The van der Waals surface area contributed by atoms with Crippen molar-refractivity contribution in [2.75, 3.05) is 26.0 Å². The molecule has 1 aliphatic rings. The molecule has 2 amide bonds. The molecule has 0 unspecified atom stereocenters. The first-order chi connectivity index (χ1) is 16.5. The summed E-state index contributed by atoms with van der Waals surface area (Å²) >= 11 is 1.17. The van der Waals surface area contributed by atoms with Crippen molar-refractivity contribution in [3.63, 3.8) is 0 Å². The number of hydrogen-bond acceptors (Lipinski definition) is 7. The van der Waals surface area contributed by atoms with Crippen molar-refractivity contribution in [3.8, 4) is 11.4 Å². The van der Waals surface area contributed by atoms with Gasteiger partial charge in [0.15, 0.2) is 11.0 Å². The lowest BCUT2D eigenvalue weighted by Crippen LogP contribution is -2.32. The van der Waals surface area contributed by atoms with Crippen LogP contribution in [0.1, 0.15) is 35.4 Å². The topological polar surface area (TPSA) is 89.3 Å². The van der Waals surface area contributed by atoms with E-state index in [0.717, 1.165) is 37.4 Å². The van der Waals surface area contributed by atoms with E-state index in [0.29, 0.717) is 23.0 Å². The Morgan fingerprint density at radius 3 is 2.41 bits per heavy atom. The van der Waals surface area contributed by atoms with E-state index in [2.05, 4.69) is 20.4 Å². The fraction of sp³-hybridized carbons (Fsp3) is 0.333. The maximum atomic E-state index is 13.5. The number of benzene rings is 2. The van der Waals surface area contributed by atoms with Crippen molar-refractivity contribution in [2.45, 2.75) is 31.0 Å². The highest BCUT2D eigenvalue weighted by atomic mass is 32.2. The summed E-state index contributed by atoms with van der Waals surface area (Å²) in [6.07, 6.45) is 3.52. The van der Waals surface area contributed by atoms with Gasteiger partial charge in [0.25, 0.3) is 5.91 Å². The zero-order chi connectivity index (χ0) is 23.9. The number of ether oxygens (including phenoxy) is 1. The number of carbonyl (C=O) groups excluding carboxylic acids is 2. The molecular formula is C24H26FN5O3S. The SMILES string of the molecule is COc1ccc(C(=O)NC(=O)CSc2nnc(CN3CCCCC3)n2-c2ccc(F)cc2)cc1. The lowest BCUT2D eigenvalue weighted by Gasteiger charge is -2.26. The van der Waals surface area contributed by atoms with Crippen molar-refractivity contribution in [1.82, 2.24) is 25.0 Å². The first-order valence-corrected chi connectivity index (χ1v) is 12.1. The molecule has 1 saturated heterocycles. The van der Waals surface area contributed by atoms with Crippen molar-refractivity contribution >= 4 is 23.6 Å². The Kier molecular flexibility index (Phi) is 7.91. The molecule has 1 aromatic heterocycles.